The van der Waals surface area contributed by atoms with Crippen LogP contribution >= 0.6 is 15.9 Å². The van der Waals surface area contributed by atoms with Gasteiger partial charge in [-0.15, -0.1) is 0 Å². The number of alkyl halides is 1. The van der Waals surface area contributed by atoms with Crippen LogP contribution in [0, 0.1) is 0 Å². The van der Waals surface area contributed by atoms with Crippen LogP contribution in [0.25, 0.3) is 5.52 Å². The fraction of sp³-hybridized carbons (Fsp3) is 0.467. The van der Waals surface area contributed by atoms with Gasteiger partial charge in [-0.2, -0.15) is 5.10 Å². The molecule has 5 heteroatoms. The van der Waals surface area contributed by atoms with Crippen molar-refractivity contribution in [3.8, 4) is 0 Å². The van der Waals surface area contributed by atoms with Crippen molar-refractivity contribution in [2.75, 3.05) is 7.05 Å². The molecule has 2 aromatic rings. The van der Waals surface area contributed by atoms with E-state index < -0.39 is 0 Å². The van der Waals surface area contributed by atoms with Crippen LogP contribution < -0.4 is 0 Å². The minimum atomic E-state index is 0.0579. The van der Waals surface area contributed by atoms with Gasteiger partial charge >= 0.3 is 0 Å². The Morgan fingerprint density at radius 1 is 1.40 bits per heavy atom. The molecule has 1 fully saturated rings. The molecule has 0 spiro atoms. The number of nitrogens with zero attached hydrogens (tertiary/aromatic N) is 3. The highest BCUT2D eigenvalue weighted by Gasteiger charge is 2.30. The number of amides is 1. The topological polar surface area (TPSA) is 37.6 Å². The second kappa shape index (κ2) is 5.56. The lowest BCUT2D eigenvalue weighted by molar-refractivity contribution is 0.0706. The van der Waals surface area contributed by atoms with Crippen LogP contribution in [0.5, 0.6) is 0 Å². The zero-order valence-corrected chi connectivity index (χ0v) is 13.1. The van der Waals surface area contributed by atoms with Crippen LogP contribution in [0.15, 0.2) is 30.6 Å². The first-order chi connectivity index (χ1) is 9.68. The third kappa shape index (κ3) is 2.35. The largest absolute Gasteiger partial charge is 0.337 e. The van der Waals surface area contributed by atoms with Crippen molar-refractivity contribution in [1.82, 2.24) is 14.5 Å². The summed E-state index contributed by atoms with van der Waals surface area (Å²) in [7, 11) is 1.90. The van der Waals surface area contributed by atoms with Gasteiger partial charge in [0.1, 0.15) is 0 Å². The minimum Gasteiger partial charge on any atom is -0.337 e. The van der Waals surface area contributed by atoms with Crippen molar-refractivity contribution in [3.63, 3.8) is 0 Å². The Bertz CT molecular complexity index is 624. The molecule has 0 radical (unpaired) electrons. The monoisotopic (exact) mass is 335 g/mol. The lowest BCUT2D eigenvalue weighted by Crippen LogP contribution is -2.44. The van der Waals surface area contributed by atoms with Crippen molar-refractivity contribution >= 4 is 27.4 Å². The molecule has 2 unspecified atom stereocenters. The van der Waals surface area contributed by atoms with E-state index in [0.29, 0.717) is 10.4 Å². The molecule has 1 saturated carbocycles. The lowest BCUT2D eigenvalue weighted by Gasteiger charge is -2.35. The number of rotatable bonds is 2. The maximum absolute atomic E-state index is 12.7. The fourth-order valence-corrected chi connectivity index (χ4v) is 3.88. The van der Waals surface area contributed by atoms with Crippen molar-refractivity contribution in [2.45, 2.75) is 36.6 Å². The third-order valence-corrected chi connectivity index (χ3v) is 5.19. The van der Waals surface area contributed by atoms with E-state index in [-0.39, 0.29) is 11.9 Å². The van der Waals surface area contributed by atoms with Gasteiger partial charge in [-0.3, -0.25) is 4.79 Å². The average molecular weight is 336 g/mol. The van der Waals surface area contributed by atoms with Gasteiger partial charge in [-0.05, 0) is 25.0 Å². The maximum atomic E-state index is 12.7. The molecule has 106 valence electrons. The molecule has 1 aliphatic carbocycles. The summed E-state index contributed by atoms with van der Waals surface area (Å²) in [6.07, 6.45) is 8.17. The van der Waals surface area contributed by atoms with Crippen LogP contribution in [0.1, 0.15) is 36.0 Å². The summed E-state index contributed by atoms with van der Waals surface area (Å²) in [6, 6.07) is 6.05. The molecule has 4 nitrogen and oxygen atoms in total. The zero-order chi connectivity index (χ0) is 14.1. The number of hydrogen-bond acceptors (Lipinski definition) is 2. The van der Waals surface area contributed by atoms with Crippen LogP contribution in [-0.2, 0) is 0 Å². The van der Waals surface area contributed by atoms with E-state index in [1.54, 1.807) is 10.7 Å². The molecule has 1 amide bonds. The van der Waals surface area contributed by atoms with Crippen LogP contribution in [-0.4, -0.2) is 38.3 Å². The van der Waals surface area contributed by atoms with Gasteiger partial charge in [-0.1, -0.05) is 34.8 Å². The second-order valence-corrected chi connectivity index (χ2v) is 6.55. The molecule has 0 aromatic carbocycles. The zero-order valence-electron chi connectivity index (χ0n) is 11.5. The average Bonchev–Trinajstić information content (AvgIpc) is 2.90. The minimum absolute atomic E-state index is 0.0579. The van der Waals surface area contributed by atoms with E-state index in [2.05, 4.69) is 21.0 Å². The number of carbonyl (C=O) groups excluding carboxylic acids is 1. The van der Waals surface area contributed by atoms with Gasteiger partial charge in [-0.25, -0.2) is 4.52 Å². The molecule has 2 heterocycles. The van der Waals surface area contributed by atoms with Gasteiger partial charge < -0.3 is 4.90 Å². The first kappa shape index (κ1) is 13.6. The summed E-state index contributed by atoms with van der Waals surface area (Å²) < 4.78 is 1.74. The molecule has 0 bridgehead atoms. The van der Waals surface area contributed by atoms with E-state index in [0.717, 1.165) is 18.4 Å². The van der Waals surface area contributed by atoms with E-state index in [1.807, 2.05) is 36.3 Å². The van der Waals surface area contributed by atoms with Gasteiger partial charge in [0, 0.05) is 24.1 Å². The first-order valence-electron chi connectivity index (χ1n) is 7.02. The van der Waals surface area contributed by atoms with E-state index >= 15 is 0 Å². The van der Waals surface area contributed by atoms with E-state index in [9.17, 15) is 4.79 Å². The Hall–Kier alpha value is -1.36. The maximum Gasteiger partial charge on any atom is 0.257 e. The Kier molecular flexibility index (Phi) is 3.78. The number of carbonyl (C=O) groups is 1. The van der Waals surface area contributed by atoms with Crippen molar-refractivity contribution < 1.29 is 4.79 Å². The standard InChI is InChI=1S/C15H18BrN3O/c1-18(14-8-3-2-6-12(14)16)15(20)11-10-17-19-9-5-4-7-13(11)19/h4-5,7,9-10,12,14H,2-3,6,8H2,1H3. The normalized spacial score (nSPS) is 22.9. The van der Waals surface area contributed by atoms with Crippen LogP contribution in [0.3, 0.4) is 0 Å². The molecule has 20 heavy (non-hydrogen) atoms. The number of pyridine rings is 1. The predicted octanol–water partition coefficient (Wildman–Crippen LogP) is 3.11. The smallest absolute Gasteiger partial charge is 0.257 e. The fourth-order valence-electron chi connectivity index (χ4n) is 2.94. The molecule has 0 aliphatic heterocycles. The summed E-state index contributed by atoms with van der Waals surface area (Å²) in [4.78, 5) is 15.0. The van der Waals surface area contributed by atoms with E-state index in [4.69, 9.17) is 0 Å². The van der Waals surface area contributed by atoms with E-state index in [1.165, 1.54) is 12.8 Å². The van der Waals surface area contributed by atoms with Crippen molar-refractivity contribution in [2.24, 2.45) is 0 Å². The van der Waals surface area contributed by atoms with Gasteiger partial charge in [0.15, 0.2) is 0 Å². The molecule has 0 saturated heterocycles. The predicted molar refractivity (Wildman–Crippen MR) is 82.3 cm³/mol. The molecule has 3 rings (SSSR count). The highest BCUT2D eigenvalue weighted by Crippen LogP contribution is 2.29. The van der Waals surface area contributed by atoms with Crippen molar-refractivity contribution in [3.05, 3.63) is 36.2 Å². The highest BCUT2D eigenvalue weighted by molar-refractivity contribution is 9.09. The number of fused-ring (bicyclic) bond motifs is 1. The number of halogens is 1. The SMILES string of the molecule is CN(C(=O)c1cnn2ccccc12)C1CCCCC1Br. The van der Waals surface area contributed by atoms with Gasteiger partial charge in [0.05, 0.1) is 17.3 Å². The van der Waals surface area contributed by atoms with Crippen LogP contribution in [0.2, 0.25) is 0 Å². The summed E-state index contributed by atoms with van der Waals surface area (Å²) in [5, 5.41) is 4.24. The molecule has 2 aromatic heterocycles. The highest BCUT2D eigenvalue weighted by atomic mass is 79.9. The van der Waals surface area contributed by atoms with Gasteiger partial charge in [0.25, 0.3) is 5.91 Å². The molecular formula is C15H18BrN3O. The lowest BCUT2D eigenvalue weighted by atomic mass is 9.94. The first-order valence-corrected chi connectivity index (χ1v) is 7.93. The second-order valence-electron chi connectivity index (χ2n) is 5.37. The summed E-state index contributed by atoms with van der Waals surface area (Å²) in [6.45, 7) is 0. The molecule has 1 aliphatic rings. The molecular weight excluding hydrogens is 318 g/mol. The Balaban J connectivity index is 1.88. The summed E-state index contributed by atoms with van der Waals surface area (Å²) in [5.74, 6) is 0.0579. The van der Waals surface area contributed by atoms with Crippen LogP contribution in [0.4, 0.5) is 0 Å². The summed E-state index contributed by atoms with van der Waals surface area (Å²) >= 11 is 3.72. The third-order valence-electron chi connectivity index (χ3n) is 4.12. The van der Waals surface area contributed by atoms with Gasteiger partial charge in [0.2, 0.25) is 0 Å². The Labute approximate surface area is 126 Å². The van der Waals surface area contributed by atoms with Crippen molar-refractivity contribution in [1.29, 1.82) is 0 Å². The summed E-state index contributed by atoms with van der Waals surface area (Å²) in [5.41, 5.74) is 1.55. The molecule has 2 atom stereocenters. The Morgan fingerprint density at radius 2 is 2.20 bits per heavy atom. The number of hydrogen-bond donors (Lipinski definition) is 0. The molecule has 0 N–H and O–H groups in total. The Morgan fingerprint density at radius 3 is 3.00 bits per heavy atom. The number of aromatic nitrogens is 2. The quantitative estimate of drug-likeness (QED) is 0.791.